The van der Waals surface area contributed by atoms with Crippen molar-refractivity contribution in [2.24, 2.45) is 0 Å². The highest BCUT2D eigenvalue weighted by atomic mass is 79.9. The van der Waals surface area contributed by atoms with Gasteiger partial charge in [-0.2, -0.15) is 0 Å². The molecular weight excluding hydrogens is 338 g/mol. The Morgan fingerprint density at radius 1 is 1.30 bits per heavy atom. The predicted molar refractivity (Wildman–Crippen MR) is 86.8 cm³/mol. The zero-order valence-corrected chi connectivity index (χ0v) is 13.5. The molecule has 0 spiro atoms. The predicted octanol–water partition coefficient (Wildman–Crippen LogP) is 5.21. The fourth-order valence-corrected chi connectivity index (χ4v) is 3.71. The number of rotatable bonds is 2. The minimum Gasteiger partial charge on any atom is -0.496 e. The zero-order chi connectivity index (χ0) is 14.1. The molecule has 2 aromatic rings. The van der Waals surface area contributed by atoms with Crippen molar-refractivity contribution >= 4 is 33.2 Å². The van der Waals surface area contributed by atoms with E-state index < -0.39 is 0 Å². The second-order valence-corrected chi connectivity index (χ2v) is 6.19. The number of benzene rings is 2. The lowest BCUT2D eigenvalue weighted by atomic mass is 9.93. The number of hydrogen-bond acceptors (Lipinski definition) is 2. The van der Waals surface area contributed by atoms with Gasteiger partial charge in [-0.3, -0.25) is 0 Å². The summed E-state index contributed by atoms with van der Waals surface area (Å²) in [5.41, 5.74) is 3.59. The number of anilines is 1. The molecule has 0 aliphatic carbocycles. The lowest BCUT2D eigenvalue weighted by molar-refractivity contribution is 0.405. The van der Waals surface area contributed by atoms with Crippen molar-refractivity contribution in [2.75, 3.05) is 12.4 Å². The average molecular weight is 353 g/mol. The van der Waals surface area contributed by atoms with E-state index in [1.165, 1.54) is 11.1 Å². The first-order chi connectivity index (χ1) is 9.69. The number of methoxy groups -OCH3 is 1. The first-order valence-corrected chi connectivity index (χ1v) is 7.73. The molecule has 0 saturated carbocycles. The molecule has 0 fully saturated rings. The number of para-hydroxylation sites is 1. The van der Waals surface area contributed by atoms with E-state index >= 15 is 0 Å². The summed E-state index contributed by atoms with van der Waals surface area (Å²) in [6, 6.07) is 12.4. The molecule has 1 heterocycles. The van der Waals surface area contributed by atoms with E-state index in [-0.39, 0.29) is 6.04 Å². The van der Waals surface area contributed by atoms with Gasteiger partial charge in [0.2, 0.25) is 0 Å². The maximum atomic E-state index is 6.11. The maximum Gasteiger partial charge on any atom is 0.124 e. The van der Waals surface area contributed by atoms with Crippen LogP contribution in [0.15, 0.2) is 40.9 Å². The van der Waals surface area contributed by atoms with Crippen molar-refractivity contribution in [3.63, 3.8) is 0 Å². The molecule has 0 amide bonds. The Bertz CT molecular complexity index is 644. The summed E-state index contributed by atoms with van der Waals surface area (Å²) in [7, 11) is 1.71. The van der Waals surface area contributed by atoms with Crippen LogP contribution >= 0.6 is 27.5 Å². The van der Waals surface area contributed by atoms with Crippen molar-refractivity contribution in [1.29, 1.82) is 0 Å². The van der Waals surface area contributed by atoms with Crippen LogP contribution in [0.4, 0.5) is 5.69 Å². The summed E-state index contributed by atoms with van der Waals surface area (Å²) in [5.74, 6) is 0.929. The van der Waals surface area contributed by atoms with E-state index in [2.05, 4.69) is 27.3 Å². The number of hydrogen-bond donors (Lipinski definition) is 1. The number of ether oxygens (including phenoxy) is 1. The van der Waals surface area contributed by atoms with Gasteiger partial charge in [0, 0.05) is 15.1 Å². The summed E-state index contributed by atoms with van der Waals surface area (Å²) >= 11 is 9.70. The van der Waals surface area contributed by atoms with E-state index in [4.69, 9.17) is 16.3 Å². The van der Waals surface area contributed by atoms with Crippen molar-refractivity contribution in [1.82, 2.24) is 0 Å². The molecule has 2 nitrogen and oxygen atoms in total. The van der Waals surface area contributed by atoms with Gasteiger partial charge in [0.25, 0.3) is 0 Å². The highest BCUT2D eigenvalue weighted by Crippen LogP contribution is 2.40. The Balaban J connectivity index is 1.96. The first-order valence-electron chi connectivity index (χ1n) is 6.56. The Morgan fingerprint density at radius 3 is 2.90 bits per heavy atom. The summed E-state index contributed by atoms with van der Waals surface area (Å²) in [4.78, 5) is 0. The van der Waals surface area contributed by atoms with Crippen LogP contribution < -0.4 is 10.1 Å². The molecule has 104 valence electrons. The molecule has 1 unspecified atom stereocenters. The van der Waals surface area contributed by atoms with Crippen LogP contribution in [0.1, 0.15) is 23.6 Å². The van der Waals surface area contributed by atoms with Crippen molar-refractivity contribution in [3.8, 4) is 5.75 Å². The number of fused-ring (bicyclic) bond motifs is 1. The molecule has 1 aliphatic heterocycles. The van der Waals surface area contributed by atoms with E-state index in [1.807, 2.05) is 30.3 Å². The quantitative estimate of drug-likeness (QED) is 0.801. The zero-order valence-electron chi connectivity index (χ0n) is 11.1. The third-order valence-electron chi connectivity index (χ3n) is 3.67. The highest BCUT2D eigenvalue weighted by molar-refractivity contribution is 9.10. The average Bonchev–Trinajstić information content (AvgIpc) is 2.47. The third-order valence-corrected chi connectivity index (χ3v) is 4.52. The molecule has 0 saturated heterocycles. The van der Waals surface area contributed by atoms with Gasteiger partial charge in [0.1, 0.15) is 5.75 Å². The monoisotopic (exact) mass is 351 g/mol. The molecule has 0 radical (unpaired) electrons. The van der Waals surface area contributed by atoms with Crippen LogP contribution in [0, 0.1) is 0 Å². The van der Waals surface area contributed by atoms with Crippen LogP contribution in [0.2, 0.25) is 5.02 Å². The first kappa shape index (κ1) is 13.8. The molecule has 0 aromatic heterocycles. The molecule has 0 bridgehead atoms. The topological polar surface area (TPSA) is 21.3 Å². The lowest BCUT2D eigenvalue weighted by Crippen LogP contribution is -2.19. The molecule has 4 heteroatoms. The molecule has 3 rings (SSSR count). The highest BCUT2D eigenvalue weighted by Gasteiger charge is 2.23. The van der Waals surface area contributed by atoms with Gasteiger partial charge in [-0.25, -0.2) is 0 Å². The van der Waals surface area contributed by atoms with Crippen LogP contribution in [-0.4, -0.2) is 7.11 Å². The number of nitrogens with one attached hydrogen (secondary N) is 1. The van der Waals surface area contributed by atoms with E-state index in [0.717, 1.165) is 33.8 Å². The smallest absolute Gasteiger partial charge is 0.124 e. The van der Waals surface area contributed by atoms with Crippen LogP contribution in [0.25, 0.3) is 0 Å². The minimum atomic E-state index is 0.260. The lowest BCUT2D eigenvalue weighted by Gasteiger charge is -2.29. The van der Waals surface area contributed by atoms with Crippen LogP contribution in [0.3, 0.4) is 0 Å². The largest absolute Gasteiger partial charge is 0.496 e. The second kappa shape index (κ2) is 5.66. The molecule has 1 atom stereocenters. The van der Waals surface area contributed by atoms with Crippen LogP contribution in [-0.2, 0) is 6.42 Å². The van der Waals surface area contributed by atoms with Gasteiger partial charge in [0.05, 0.1) is 18.8 Å². The number of aryl methyl sites for hydroxylation is 1. The molecule has 2 aromatic carbocycles. The van der Waals surface area contributed by atoms with E-state index in [9.17, 15) is 0 Å². The standard InChI is InChI=1S/C16H15BrClNO/c1-20-15-5-3-2-4-12(15)14-7-6-10-8-11(18)9-13(17)16(10)19-14/h2-5,8-9,14,19H,6-7H2,1H3. The summed E-state index contributed by atoms with van der Waals surface area (Å²) < 4.78 is 6.48. The van der Waals surface area contributed by atoms with Gasteiger partial charge < -0.3 is 10.1 Å². The van der Waals surface area contributed by atoms with Crippen molar-refractivity contribution < 1.29 is 4.74 Å². The van der Waals surface area contributed by atoms with Gasteiger partial charge in [-0.15, -0.1) is 0 Å². The van der Waals surface area contributed by atoms with Crippen LogP contribution in [0.5, 0.6) is 5.75 Å². The van der Waals surface area contributed by atoms with Gasteiger partial charge in [0.15, 0.2) is 0 Å². The molecular formula is C16H15BrClNO. The number of halogens is 2. The summed E-state index contributed by atoms with van der Waals surface area (Å²) in [6.45, 7) is 0. The second-order valence-electron chi connectivity index (χ2n) is 4.90. The molecule has 20 heavy (non-hydrogen) atoms. The van der Waals surface area contributed by atoms with Gasteiger partial charge >= 0.3 is 0 Å². The summed E-state index contributed by atoms with van der Waals surface area (Å²) in [6.07, 6.45) is 2.03. The Hall–Kier alpha value is -1.19. The van der Waals surface area contributed by atoms with Gasteiger partial charge in [-0.05, 0) is 52.5 Å². The fourth-order valence-electron chi connectivity index (χ4n) is 2.72. The fraction of sp³-hybridized carbons (Fsp3) is 0.250. The minimum absolute atomic E-state index is 0.260. The SMILES string of the molecule is COc1ccccc1C1CCc2cc(Cl)cc(Br)c2N1. The van der Waals surface area contributed by atoms with Crippen molar-refractivity contribution in [2.45, 2.75) is 18.9 Å². The Kier molecular flexibility index (Phi) is 3.90. The van der Waals surface area contributed by atoms with Gasteiger partial charge in [-0.1, -0.05) is 29.8 Å². The molecule has 1 N–H and O–H groups in total. The maximum absolute atomic E-state index is 6.11. The third kappa shape index (κ3) is 2.52. The van der Waals surface area contributed by atoms with E-state index in [1.54, 1.807) is 7.11 Å². The Morgan fingerprint density at radius 2 is 2.10 bits per heavy atom. The summed E-state index contributed by atoms with van der Waals surface area (Å²) in [5, 5.41) is 4.37. The van der Waals surface area contributed by atoms with E-state index in [0.29, 0.717) is 0 Å². The normalized spacial score (nSPS) is 17.2. The Labute approximate surface area is 132 Å². The van der Waals surface area contributed by atoms with Crippen molar-refractivity contribution in [3.05, 3.63) is 57.0 Å². The molecule has 1 aliphatic rings.